The Morgan fingerprint density at radius 3 is 2.27 bits per heavy atom. The molecule has 1 fully saturated rings. The summed E-state index contributed by atoms with van der Waals surface area (Å²) in [6.07, 6.45) is 2.30. The van der Waals surface area contributed by atoms with Gasteiger partial charge in [-0.2, -0.15) is 8.42 Å². The molecule has 1 aliphatic rings. The van der Waals surface area contributed by atoms with Crippen molar-refractivity contribution >= 4 is 38.8 Å². The highest BCUT2D eigenvalue weighted by Crippen LogP contribution is 2.24. The van der Waals surface area contributed by atoms with Gasteiger partial charge >= 0.3 is 0 Å². The van der Waals surface area contributed by atoms with Crippen LogP contribution in [0.3, 0.4) is 0 Å². The molecule has 2 heterocycles. The van der Waals surface area contributed by atoms with E-state index in [1.807, 2.05) is 61.3 Å². The number of carbonyl (C=O) groups is 2. The summed E-state index contributed by atoms with van der Waals surface area (Å²) >= 11 is 1.05. The van der Waals surface area contributed by atoms with E-state index < -0.39 is 10.1 Å². The van der Waals surface area contributed by atoms with E-state index in [4.69, 9.17) is 9.29 Å². The zero-order valence-corrected chi connectivity index (χ0v) is 22.0. The highest BCUT2D eigenvalue weighted by Gasteiger charge is 2.31. The fourth-order valence-corrected chi connectivity index (χ4v) is 4.51. The van der Waals surface area contributed by atoms with Gasteiger partial charge in [0.15, 0.2) is 0 Å². The second-order valence-electron chi connectivity index (χ2n) is 7.98. The van der Waals surface area contributed by atoms with Gasteiger partial charge in [-0.25, -0.2) is 4.98 Å². The van der Waals surface area contributed by atoms with Crippen molar-refractivity contribution in [2.45, 2.75) is 23.5 Å². The number of aryl methyl sites for hydroxylation is 1. The largest absolute Gasteiger partial charge is 0.492 e. The van der Waals surface area contributed by atoms with Gasteiger partial charge in [-0.15, -0.1) is 0 Å². The van der Waals surface area contributed by atoms with E-state index in [9.17, 15) is 18.0 Å². The van der Waals surface area contributed by atoms with Gasteiger partial charge in [0.1, 0.15) is 18.2 Å². The number of anilines is 1. The Balaban J connectivity index is 0.000000339. The van der Waals surface area contributed by atoms with Crippen LogP contribution in [0.2, 0.25) is 0 Å². The quantitative estimate of drug-likeness (QED) is 0.405. The minimum absolute atomic E-state index is 0. The summed E-state index contributed by atoms with van der Waals surface area (Å²) in [6.45, 7) is 3.11. The Morgan fingerprint density at radius 1 is 1.05 bits per heavy atom. The second-order valence-corrected chi connectivity index (χ2v) is 10.6. The minimum atomic E-state index is -4.02. The molecule has 0 spiro atoms. The number of pyridine rings is 1. The van der Waals surface area contributed by atoms with E-state index >= 15 is 0 Å². The second kappa shape index (κ2) is 13.7. The summed E-state index contributed by atoms with van der Waals surface area (Å²) < 4.78 is 35.3. The van der Waals surface area contributed by atoms with Crippen LogP contribution in [0.1, 0.15) is 11.1 Å². The van der Waals surface area contributed by atoms with Crippen molar-refractivity contribution in [2.75, 3.05) is 25.1 Å². The lowest BCUT2D eigenvalue weighted by atomic mass is 10.1. The molecule has 4 rings (SSSR count). The summed E-state index contributed by atoms with van der Waals surface area (Å²) in [5, 5.41) is 1.69. The van der Waals surface area contributed by atoms with Crippen LogP contribution in [0.4, 0.5) is 10.6 Å². The Kier molecular flexibility index (Phi) is 11.1. The number of thioether (sulfide) groups is 1. The summed E-state index contributed by atoms with van der Waals surface area (Å²) in [5.74, 6) is 1.47. The minimum Gasteiger partial charge on any atom is -0.492 e. The van der Waals surface area contributed by atoms with E-state index in [2.05, 4.69) is 10.3 Å². The van der Waals surface area contributed by atoms with Crippen molar-refractivity contribution in [1.82, 2.24) is 10.3 Å². The number of hydrogen-bond acceptors (Lipinski definition) is 8. The normalized spacial score (nSPS) is 14.6. The van der Waals surface area contributed by atoms with Gasteiger partial charge in [0.25, 0.3) is 15.4 Å². The fraction of sp³-hybridized carbons (Fsp3) is 0.240. The molecule has 10 nitrogen and oxygen atoms in total. The maximum Gasteiger partial charge on any atom is 0.294 e. The number of aromatic nitrogens is 1. The third-order valence-corrected chi connectivity index (χ3v) is 7.02. The molecule has 2 aromatic carbocycles. The standard InChI is InChI=1S/C18H19N3O3S.C7H8O3S.H2O/c1-21(16-4-2-3-9-19-16)10-11-24-14-7-5-13(6-8-14)12-15-17(22)20-18(23)25-15;1-6-2-4-7(5-3-6)11(8,9)10;/h2-9,15H,10-12H2,1H3,(H,20,22,23);2-5H,1H3,(H,8,9,10);1H2. The molecule has 1 unspecified atom stereocenters. The zero-order valence-electron chi connectivity index (χ0n) is 20.3. The Labute approximate surface area is 220 Å². The molecule has 2 amide bonds. The molecule has 12 heteroatoms. The van der Waals surface area contributed by atoms with Gasteiger partial charge in [0, 0.05) is 13.2 Å². The number of nitrogens with one attached hydrogen (secondary N) is 1. The highest BCUT2D eigenvalue weighted by atomic mass is 32.2. The number of benzene rings is 2. The van der Waals surface area contributed by atoms with Crippen molar-refractivity contribution in [2.24, 2.45) is 0 Å². The predicted molar refractivity (Wildman–Crippen MR) is 143 cm³/mol. The van der Waals surface area contributed by atoms with E-state index in [0.717, 1.165) is 41.0 Å². The van der Waals surface area contributed by atoms with Crippen molar-refractivity contribution in [3.05, 3.63) is 84.1 Å². The first-order valence-electron chi connectivity index (χ1n) is 11.0. The van der Waals surface area contributed by atoms with Crippen molar-refractivity contribution < 1.29 is 32.8 Å². The van der Waals surface area contributed by atoms with Gasteiger partial charge in [-0.05, 0) is 55.3 Å². The highest BCUT2D eigenvalue weighted by molar-refractivity contribution is 8.15. The van der Waals surface area contributed by atoms with Crippen LogP contribution in [0, 0.1) is 6.92 Å². The summed E-state index contributed by atoms with van der Waals surface area (Å²) in [7, 11) is -2.05. The molecule has 0 aliphatic carbocycles. The topological polar surface area (TPSA) is 157 Å². The molecule has 0 saturated carbocycles. The molecule has 1 aliphatic heterocycles. The van der Waals surface area contributed by atoms with Crippen molar-refractivity contribution in [3.8, 4) is 5.75 Å². The third kappa shape index (κ3) is 9.50. The lowest BCUT2D eigenvalue weighted by Crippen LogP contribution is -2.25. The molecule has 198 valence electrons. The Bertz CT molecular complexity index is 1270. The van der Waals surface area contributed by atoms with Crippen molar-refractivity contribution in [1.29, 1.82) is 0 Å². The third-order valence-electron chi connectivity index (χ3n) is 5.17. The maximum absolute atomic E-state index is 11.6. The van der Waals surface area contributed by atoms with Gasteiger partial charge in [-0.1, -0.05) is 47.7 Å². The Hall–Kier alpha value is -3.45. The SMILES string of the molecule is CN(CCOc1ccc(CC2SC(=O)NC2=O)cc1)c1ccccn1.Cc1ccc(S(=O)(=O)O)cc1.O. The van der Waals surface area contributed by atoms with Gasteiger partial charge in [0.2, 0.25) is 5.91 Å². The van der Waals surface area contributed by atoms with Crippen LogP contribution in [0.15, 0.2) is 77.8 Å². The zero-order chi connectivity index (χ0) is 26.1. The molecule has 0 radical (unpaired) electrons. The molecule has 37 heavy (non-hydrogen) atoms. The first kappa shape index (κ1) is 29.8. The summed E-state index contributed by atoms with van der Waals surface area (Å²) in [5.41, 5.74) is 1.96. The van der Waals surface area contributed by atoms with Crippen LogP contribution in [-0.2, 0) is 21.3 Å². The number of carbonyl (C=O) groups excluding carboxylic acids is 2. The number of ether oxygens (including phenoxy) is 1. The lowest BCUT2D eigenvalue weighted by molar-refractivity contribution is -0.118. The molecular weight excluding hydrogens is 518 g/mol. The average molecular weight is 548 g/mol. The van der Waals surface area contributed by atoms with E-state index in [0.29, 0.717) is 13.0 Å². The summed E-state index contributed by atoms with van der Waals surface area (Å²) in [4.78, 5) is 29.0. The van der Waals surface area contributed by atoms with Gasteiger partial charge < -0.3 is 15.1 Å². The number of nitrogens with zero attached hydrogens (tertiary/aromatic N) is 2. The van der Waals surface area contributed by atoms with E-state index in [1.54, 1.807) is 18.3 Å². The molecule has 1 atom stereocenters. The first-order chi connectivity index (χ1) is 17.1. The number of hydrogen-bond donors (Lipinski definition) is 2. The van der Waals surface area contributed by atoms with Gasteiger partial charge in [0.05, 0.1) is 16.7 Å². The summed E-state index contributed by atoms with van der Waals surface area (Å²) in [6, 6.07) is 19.4. The van der Waals surface area contributed by atoms with Crippen LogP contribution < -0.4 is 15.0 Å². The monoisotopic (exact) mass is 547 g/mol. The average Bonchev–Trinajstić information content (AvgIpc) is 3.17. The fourth-order valence-electron chi connectivity index (χ4n) is 3.17. The maximum atomic E-state index is 11.6. The first-order valence-corrected chi connectivity index (χ1v) is 13.3. The molecule has 1 saturated heterocycles. The molecule has 0 bridgehead atoms. The van der Waals surface area contributed by atoms with Crippen LogP contribution >= 0.6 is 11.8 Å². The smallest absolute Gasteiger partial charge is 0.294 e. The number of imide groups is 1. The Morgan fingerprint density at radius 2 is 1.73 bits per heavy atom. The van der Waals surface area contributed by atoms with Crippen LogP contribution in [-0.4, -0.2) is 60.0 Å². The number of amides is 2. The van der Waals surface area contributed by atoms with Crippen LogP contribution in [0.5, 0.6) is 5.75 Å². The van der Waals surface area contributed by atoms with Gasteiger partial charge in [-0.3, -0.25) is 19.5 Å². The van der Waals surface area contributed by atoms with E-state index in [1.165, 1.54) is 12.1 Å². The molecular formula is C25H29N3O7S2. The molecule has 3 aromatic rings. The predicted octanol–water partition coefficient (Wildman–Crippen LogP) is 2.91. The van der Waals surface area contributed by atoms with E-state index in [-0.39, 0.29) is 26.8 Å². The number of likely N-dealkylation sites (N-methyl/N-ethyl adjacent to an activating group) is 1. The van der Waals surface area contributed by atoms with Crippen LogP contribution in [0.25, 0.3) is 0 Å². The van der Waals surface area contributed by atoms with Crippen molar-refractivity contribution in [3.63, 3.8) is 0 Å². The molecule has 4 N–H and O–H groups in total. The lowest BCUT2D eigenvalue weighted by Gasteiger charge is -2.18. The molecule has 1 aromatic heterocycles. The number of rotatable bonds is 8.